The van der Waals surface area contributed by atoms with Gasteiger partial charge in [0.05, 0.1) is 18.6 Å². The van der Waals surface area contributed by atoms with Crippen molar-refractivity contribution in [1.29, 1.82) is 0 Å². The number of carbonyl (C=O) groups is 1. The Bertz CT molecular complexity index is 688. The van der Waals surface area contributed by atoms with Gasteiger partial charge in [0.15, 0.2) is 5.69 Å². The van der Waals surface area contributed by atoms with E-state index < -0.39 is 21.7 Å². The van der Waals surface area contributed by atoms with E-state index in [1.165, 1.54) is 19.4 Å². The van der Waals surface area contributed by atoms with E-state index in [0.717, 1.165) is 0 Å². The molecule has 2 rings (SSSR count). The van der Waals surface area contributed by atoms with Gasteiger partial charge < -0.3 is 10.1 Å². The van der Waals surface area contributed by atoms with E-state index in [1.54, 1.807) is 0 Å². The zero-order valence-corrected chi connectivity index (χ0v) is 10.7. The lowest BCUT2D eigenvalue weighted by Gasteiger charge is -2.05. The highest BCUT2D eigenvalue weighted by atomic mass is 32.2. The van der Waals surface area contributed by atoms with Crippen molar-refractivity contribution in [3.8, 4) is 0 Å². The maximum absolute atomic E-state index is 12.1. The molecule has 2 aromatic heterocycles. The summed E-state index contributed by atoms with van der Waals surface area (Å²) in [5.74, 6) is -1.41. The Morgan fingerprint density at radius 2 is 2.26 bits per heavy atom. The minimum atomic E-state index is -3.97. The van der Waals surface area contributed by atoms with E-state index in [2.05, 4.69) is 24.9 Å². The number of aromatic amines is 2. The molecule has 2 heterocycles. The Balaban J connectivity index is 2.29. The highest BCUT2D eigenvalue weighted by molar-refractivity contribution is 7.89. The van der Waals surface area contributed by atoms with Gasteiger partial charge in [0.1, 0.15) is 4.90 Å². The lowest BCUT2D eigenvalue weighted by Crippen LogP contribution is -2.25. The van der Waals surface area contributed by atoms with Crippen molar-refractivity contribution in [2.24, 2.45) is 0 Å². The summed E-state index contributed by atoms with van der Waals surface area (Å²) in [6.45, 7) is 1.41. The normalized spacial score (nSPS) is 11.6. The van der Waals surface area contributed by atoms with E-state index in [9.17, 15) is 13.2 Å². The van der Waals surface area contributed by atoms with E-state index >= 15 is 0 Å². The molecule has 0 fully saturated rings. The largest absolute Gasteiger partial charge is 0.476 e. The summed E-state index contributed by atoms with van der Waals surface area (Å²) >= 11 is 0. The molecule has 0 amide bonds. The number of rotatable bonds is 5. The van der Waals surface area contributed by atoms with Crippen LogP contribution in [0.3, 0.4) is 0 Å². The molecule has 0 atom stereocenters. The lowest BCUT2D eigenvalue weighted by molar-refractivity contribution is 0.0686. The molecule has 0 aliphatic heterocycles. The molecule has 0 spiro atoms. The summed E-state index contributed by atoms with van der Waals surface area (Å²) in [7, 11) is -3.97. The number of aromatic nitrogens is 4. The van der Waals surface area contributed by atoms with Crippen LogP contribution in [0.5, 0.6) is 0 Å². The molecule has 0 radical (unpaired) electrons. The second-order valence-electron chi connectivity index (χ2n) is 3.73. The average molecular weight is 285 g/mol. The van der Waals surface area contributed by atoms with E-state index in [-0.39, 0.29) is 17.1 Å². The number of sulfonamides is 1. The number of nitrogens with one attached hydrogen (secondary N) is 3. The fourth-order valence-corrected chi connectivity index (χ4v) is 2.85. The summed E-state index contributed by atoms with van der Waals surface area (Å²) in [5.41, 5.74) is 0.186. The molecule has 9 nitrogen and oxygen atoms in total. The number of nitrogens with zero attached hydrogens (tertiary/aromatic N) is 2. The van der Waals surface area contributed by atoms with Crippen LogP contribution in [-0.4, -0.2) is 39.7 Å². The average Bonchev–Trinajstić information content (AvgIpc) is 2.95. The predicted octanol–water partition coefficient (Wildman–Crippen LogP) is -0.382. The standard InChI is InChI=1S/C9H11N5O4S/c1-5-8(7(9(15)16)14-13-5)19(17,18)12-3-6-2-10-4-11-6/h2,4,12H,3H2,1H3,(H,10,11)(H,13,14)(H,15,16). The number of hydrogen-bond donors (Lipinski definition) is 4. The Labute approximate surface area is 108 Å². The van der Waals surface area contributed by atoms with Crippen molar-refractivity contribution >= 4 is 16.0 Å². The molecule has 0 aliphatic rings. The van der Waals surface area contributed by atoms with Gasteiger partial charge >= 0.3 is 5.97 Å². The summed E-state index contributed by atoms with van der Waals surface area (Å²) in [5, 5.41) is 14.7. The van der Waals surface area contributed by atoms with Crippen molar-refractivity contribution in [1.82, 2.24) is 24.9 Å². The van der Waals surface area contributed by atoms with Gasteiger partial charge in [-0.25, -0.2) is 22.9 Å². The van der Waals surface area contributed by atoms with Gasteiger partial charge in [-0.3, -0.25) is 5.10 Å². The first-order valence-corrected chi connectivity index (χ1v) is 6.65. The molecule has 0 unspecified atom stereocenters. The molecule has 4 N–H and O–H groups in total. The van der Waals surface area contributed by atoms with Crippen LogP contribution in [0.15, 0.2) is 17.4 Å². The quantitative estimate of drug-likeness (QED) is 0.590. The molecule has 0 saturated heterocycles. The second-order valence-corrected chi connectivity index (χ2v) is 5.44. The minimum Gasteiger partial charge on any atom is -0.476 e. The lowest BCUT2D eigenvalue weighted by atomic mass is 10.4. The van der Waals surface area contributed by atoms with Crippen LogP contribution in [0, 0.1) is 6.92 Å². The van der Waals surface area contributed by atoms with Gasteiger partial charge in [0.25, 0.3) is 0 Å². The first-order valence-electron chi connectivity index (χ1n) is 5.17. The summed E-state index contributed by atoms with van der Waals surface area (Å²) in [4.78, 5) is 17.0. The SMILES string of the molecule is Cc1[nH]nc(C(=O)O)c1S(=O)(=O)NCc1cnc[nH]1. The minimum absolute atomic E-state index is 0.0218. The highest BCUT2D eigenvalue weighted by Crippen LogP contribution is 2.17. The smallest absolute Gasteiger partial charge is 0.357 e. The van der Waals surface area contributed by atoms with E-state index in [4.69, 9.17) is 5.11 Å². The van der Waals surface area contributed by atoms with Crippen molar-refractivity contribution in [2.75, 3.05) is 0 Å². The van der Waals surface area contributed by atoms with E-state index in [1.807, 2.05) is 0 Å². The van der Waals surface area contributed by atoms with Crippen molar-refractivity contribution in [3.63, 3.8) is 0 Å². The van der Waals surface area contributed by atoms with Crippen molar-refractivity contribution in [3.05, 3.63) is 29.6 Å². The first kappa shape index (κ1) is 13.2. The molecule has 0 bridgehead atoms. The number of hydrogen-bond acceptors (Lipinski definition) is 5. The maximum Gasteiger partial charge on any atom is 0.357 e. The van der Waals surface area contributed by atoms with Crippen molar-refractivity contribution in [2.45, 2.75) is 18.4 Å². The summed E-state index contributed by atoms with van der Waals surface area (Å²) in [6, 6.07) is 0. The summed E-state index contributed by atoms with van der Waals surface area (Å²) < 4.78 is 26.4. The molecular weight excluding hydrogens is 274 g/mol. The van der Waals surface area contributed by atoms with Crippen LogP contribution in [0.25, 0.3) is 0 Å². The third-order valence-corrected chi connectivity index (χ3v) is 3.93. The fraction of sp³-hybridized carbons (Fsp3) is 0.222. The third kappa shape index (κ3) is 2.63. The second kappa shape index (κ2) is 4.82. The number of H-pyrrole nitrogens is 2. The highest BCUT2D eigenvalue weighted by Gasteiger charge is 2.27. The number of carboxylic acid groups (broad SMARTS) is 1. The van der Waals surface area contributed by atoms with Crippen LogP contribution in [0.1, 0.15) is 21.9 Å². The molecule has 19 heavy (non-hydrogen) atoms. The van der Waals surface area contributed by atoms with Crippen LogP contribution in [0.4, 0.5) is 0 Å². The number of aryl methyl sites for hydroxylation is 1. The van der Waals surface area contributed by atoms with Gasteiger partial charge in [0, 0.05) is 11.9 Å². The molecule has 2 aromatic rings. The van der Waals surface area contributed by atoms with Gasteiger partial charge in [-0.1, -0.05) is 0 Å². The topological polar surface area (TPSA) is 141 Å². The zero-order valence-electron chi connectivity index (χ0n) is 9.84. The van der Waals surface area contributed by atoms with Gasteiger partial charge in [-0.05, 0) is 6.92 Å². The molecule has 10 heteroatoms. The van der Waals surface area contributed by atoms with E-state index in [0.29, 0.717) is 5.69 Å². The number of aromatic carboxylic acids is 1. The van der Waals surface area contributed by atoms with Crippen LogP contribution in [0.2, 0.25) is 0 Å². The Kier molecular flexibility index (Phi) is 3.36. The molecule has 102 valence electrons. The number of imidazole rings is 1. The zero-order chi connectivity index (χ0) is 14.0. The predicted molar refractivity (Wildman–Crippen MR) is 62.9 cm³/mol. The van der Waals surface area contributed by atoms with Crippen LogP contribution >= 0.6 is 0 Å². The molecule has 0 saturated carbocycles. The van der Waals surface area contributed by atoms with Gasteiger partial charge in [-0.2, -0.15) is 5.10 Å². The fourth-order valence-electron chi connectivity index (χ4n) is 1.52. The third-order valence-electron chi connectivity index (χ3n) is 2.37. The van der Waals surface area contributed by atoms with Crippen molar-refractivity contribution < 1.29 is 18.3 Å². The number of carboxylic acids is 1. The monoisotopic (exact) mass is 285 g/mol. The summed E-state index contributed by atoms with van der Waals surface area (Å²) in [6.07, 6.45) is 2.87. The van der Waals surface area contributed by atoms with Crippen LogP contribution < -0.4 is 4.72 Å². The van der Waals surface area contributed by atoms with Gasteiger partial charge in [0.2, 0.25) is 10.0 Å². The molecule has 0 aliphatic carbocycles. The maximum atomic E-state index is 12.1. The Morgan fingerprint density at radius 1 is 1.53 bits per heavy atom. The van der Waals surface area contributed by atoms with Crippen LogP contribution in [-0.2, 0) is 16.6 Å². The van der Waals surface area contributed by atoms with Gasteiger partial charge in [-0.15, -0.1) is 0 Å². The Morgan fingerprint density at radius 3 is 2.84 bits per heavy atom. The first-order chi connectivity index (χ1) is 8.92. The molecular formula is C9H11N5O4S. The molecule has 0 aromatic carbocycles. The Hall–Kier alpha value is -2.20.